The van der Waals surface area contributed by atoms with Gasteiger partial charge in [-0.15, -0.1) is 6.58 Å². The molecule has 1 atom stereocenters. The molecule has 0 radical (unpaired) electrons. The molecule has 0 aliphatic rings. The SMILES string of the molecule is C=CCCCCCC(O)c1ccc(C)cc1Cl. The van der Waals surface area contributed by atoms with Gasteiger partial charge < -0.3 is 5.11 Å². The number of allylic oxidation sites excluding steroid dienone is 1. The van der Waals surface area contributed by atoms with Crippen molar-refractivity contribution >= 4 is 11.6 Å². The van der Waals surface area contributed by atoms with Crippen LogP contribution in [-0.2, 0) is 0 Å². The van der Waals surface area contributed by atoms with Gasteiger partial charge in [-0.3, -0.25) is 0 Å². The van der Waals surface area contributed by atoms with E-state index in [1.54, 1.807) is 0 Å². The molecule has 17 heavy (non-hydrogen) atoms. The number of rotatable bonds is 7. The molecule has 0 spiro atoms. The van der Waals surface area contributed by atoms with Crippen molar-refractivity contribution in [1.29, 1.82) is 0 Å². The van der Waals surface area contributed by atoms with E-state index in [4.69, 9.17) is 11.6 Å². The van der Waals surface area contributed by atoms with E-state index in [1.807, 2.05) is 31.2 Å². The van der Waals surface area contributed by atoms with Crippen molar-refractivity contribution in [3.05, 3.63) is 47.0 Å². The van der Waals surface area contributed by atoms with Crippen LogP contribution in [0.25, 0.3) is 0 Å². The summed E-state index contributed by atoms with van der Waals surface area (Å²) in [7, 11) is 0. The van der Waals surface area contributed by atoms with Crippen molar-refractivity contribution in [1.82, 2.24) is 0 Å². The van der Waals surface area contributed by atoms with Crippen molar-refractivity contribution in [2.24, 2.45) is 0 Å². The van der Waals surface area contributed by atoms with Crippen molar-refractivity contribution in [2.75, 3.05) is 0 Å². The highest BCUT2D eigenvalue weighted by molar-refractivity contribution is 6.31. The molecule has 0 aliphatic heterocycles. The van der Waals surface area contributed by atoms with E-state index < -0.39 is 6.10 Å². The number of hydrogen-bond donors (Lipinski definition) is 1. The molecule has 0 fully saturated rings. The van der Waals surface area contributed by atoms with Gasteiger partial charge in [0.15, 0.2) is 0 Å². The quantitative estimate of drug-likeness (QED) is 0.545. The maximum Gasteiger partial charge on any atom is 0.0804 e. The molecule has 0 saturated heterocycles. The Labute approximate surface area is 109 Å². The number of aryl methyl sites for hydroxylation is 1. The molecular weight excluding hydrogens is 232 g/mol. The lowest BCUT2D eigenvalue weighted by atomic mass is 10.0. The Hall–Kier alpha value is -0.790. The number of hydrogen-bond acceptors (Lipinski definition) is 1. The molecular formula is C15H21ClO. The lowest BCUT2D eigenvalue weighted by Gasteiger charge is -2.13. The van der Waals surface area contributed by atoms with Crippen LogP contribution in [0.15, 0.2) is 30.9 Å². The van der Waals surface area contributed by atoms with Gasteiger partial charge in [-0.25, -0.2) is 0 Å². The number of unbranched alkanes of at least 4 members (excludes halogenated alkanes) is 3. The summed E-state index contributed by atoms with van der Waals surface area (Å²) in [5.41, 5.74) is 1.97. The maximum absolute atomic E-state index is 10.0. The van der Waals surface area contributed by atoms with Crippen LogP contribution < -0.4 is 0 Å². The zero-order valence-electron chi connectivity index (χ0n) is 10.5. The van der Waals surface area contributed by atoms with Crippen molar-refractivity contribution in [2.45, 2.75) is 45.1 Å². The molecule has 1 unspecified atom stereocenters. The highest BCUT2D eigenvalue weighted by Crippen LogP contribution is 2.27. The van der Waals surface area contributed by atoms with Crippen molar-refractivity contribution < 1.29 is 5.11 Å². The maximum atomic E-state index is 10.0. The molecule has 0 bridgehead atoms. The summed E-state index contributed by atoms with van der Waals surface area (Å²) in [4.78, 5) is 0. The van der Waals surface area contributed by atoms with Gasteiger partial charge in [0, 0.05) is 5.02 Å². The van der Waals surface area contributed by atoms with Crippen LogP contribution in [0.3, 0.4) is 0 Å². The van der Waals surface area contributed by atoms with Crippen LogP contribution >= 0.6 is 11.6 Å². The highest BCUT2D eigenvalue weighted by atomic mass is 35.5. The molecule has 1 rings (SSSR count). The van der Waals surface area contributed by atoms with Crippen molar-refractivity contribution in [3.63, 3.8) is 0 Å². The first-order chi connectivity index (χ1) is 8.15. The third-order valence-electron chi connectivity index (χ3n) is 2.90. The fraction of sp³-hybridized carbons (Fsp3) is 0.467. The second-order valence-electron chi connectivity index (χ2n) is 4.47. The van der Waals surface area contributed by atoms with Crippen LogP contribution in [0, 0.1) is 6.92 Å². The second kappa shape index (κ2) is 7.52. The number of aliphatic hydroxyl groups excluding tert-OH is 1. The molecule has 0 aromatic heterocycles. The smallest absolute Gasteiger partial charge is 0.0804 e. The lowest BCUT2D eigenvalue weighted by molar-refractivity contribution is 0.163. The summed E-state index contributed by atoms with van der Waals surface area (Å²) in [6, 6.07) is 5.81. The summed E-state index contributed by atoms with van der Waals surface area (Å²) in [6.07, 6.45) is 6.64. The molecule has 94 valence electrons. The minimum Gasteiger partial charge on any atom is -0.388 e. The molecule has 0 saturated carbocycles. The van der Waals surface area contributed by atoms with Crippen molar-refractivity contribution in [3.8, 4) is 0 Å². The Morgan fingerprint density at radius 2 is 2.12 bits per heavy atom. The van der Waals surface area contributed by atoms with Crippen LogP contribution in [-0.4, -0.2) is 5.11 Å². The first-order valence-corrected chi connectivity index (χ1v) is 6.58. The number of aliphatic hydroxyl groups is 1. The van der Waals surface area contributed by atoms with E-state index in [2.05, 4.69) is 6.58 Å². The van der Waals surface area contributed by atoms with Gasteiger partial charge in [-0.1, -0.05) is 42.7 Å². The normalized spacial score (nSPS) is 12.4. The first-order valence-electron chi connectivity index (χ1n) is 6.20. The fourth-order valence-electron chi connectivity index (χ4n) is 1.86. The topological polar surface area (TPSA) is 20.2 Å². The lowest BCUT2D eigenvalue weighted by Crippen LogP contribution is -1.98. The number of halogens is 1. The standard InChI is InChI=1S/C15H21ClO/c1-3-4-5-6-7-8-15(17)13-10-9-12(2)11-14(13)16/h3,9-11,15,17H,1,4-8H2,2H3. The van der Waals surface area contributed by atoms with E-state index in [1.165, 1.54) is 0 Å². The predicted octanol–water partition coefficient (Wildman–Crippen LogP) is 4.82. The summed E-state index contributed by atoms with van der Waals surface area (Å²) in [5.74, 6) is 0. The average Bonchev–Trinajstić information content (AvgIpc) is 2.28. The third-order valence-corrected chi connectivity index (χ3v) is 3.23. The average molecular weight is 253 g/mol. The summed E-state index contributed by atoms with van der Waals surface area (Å²) in [6.45, 7) is 5.69. The van der Waals surface area contributed by atoms with E-state index >= 15 is 0 Å². The second-order valence-corrected chi connectivity index (χ2v) is 4.87. The van der Waals surface area contributed by atoms with Gasteiger partial charge in [0.25, 0.3) is 0 Å². The van der Waals surface area contributed by atoms with E-state index in [0.29, 0.717) is 5.02 Å². The minimum atomic E-state index is -0.438. The third kappa shape index (κ3) is 4.93. The zero-order valence-corrected chi connectivity index (χ0v) is 11.2. The summed E-state index contributed by atoms with van der Waals surface area (Å²) >= 11 is 6.11. The molecule has 1 N–H and O–H groups in total. The van der Waals surface area contributed by atoms with E-state index in [9.17, 15) is 5.11 Å². The Bertz CT molecular complexity index is 360. The Kier molecular flexibility index (Phi) is 6.31. The Morgan fingerprint density at radius 1 is 1.35 bits per heavy atom. The molecule has 0 aliphatic carbocycles. The molecule has 2 heteroatoms. The Morgan fingerprint density at radius 3 is 2.76 bits per heavy atom. The molecule has 1 aromatic carbocycles. The fourth-order valence-corrected chi connectivity index (χ4v) is 2.22. The first kappa shape index (κ1) is 14.3. The van der Waals surface area contributed by atoms with Gasteiger partial charge in [-0.2, -0.15) is 0 Å². The van der Waals surface area contributed by atoms with Gasteiger partial charge in [-0.05, 0) is 43.4 Å². The minimum absolute atomic E-state index is 0.438. The molecule has 0 amide bonds. The van der Waals surface area contributed by atoms with E-state index in [0.717, 1.165) is 43.2 Å². The van der Waals surface area contributed by atoms with Gasteiger partial charge in [0.2, 0.25) is 0 Å². The molecule has 0 heterocycles. The Balaban J connectivity index is 2.41. The summed E-state index contributed by atoms with van der Waals surface area (Å²) < 4.78 is 0. The zero-order chi connectivity index (χ0) is 12.7. The number of benzene rings is 1. The summed E-state index contributed by atoms with van der Waals surface area (Å²) in [5, 5.41) is 10.7. The van der Waals surface area contributed by atoms with Gasteiger partial charge in [0.1, 0.15) is 0 Å². The van der Waals surface area contributed by atoms with Crippen LogP contribution in [0.5, 0.6) is 0 Å². The predicted molar refractivity (Wildman–Crippen MR) is 74.4 cm³/mol. The van der Waals surface area contributed by atoms with Crippen LogP contribution in [0.1, 0.15) is 49.3 Å². The monoisotopic (exact) mass is 252 g/mol. The van der Waals surface area contributed by atoms with Gasteiger partial charge >= 0.3 is 0 Å². The largest absolute Gasteiger partial charge is 0.388 e. The van der Waals surface area contributed by atoms with Crippen LogP contribution in [0.4, 0.5) is 0 Å². The molecule has 1 nitrogen and oxygen atoms in total. The van der Waals surface area contributed by atoms with Crippen LogP contribution in [0.2, 0.25) is 5.02 Å². The molecule has 1 aromatic rings. The van der Waals surface area contributed by atoms with Gasteiger partial charge in [0.05, 0.1) is 6.10 Å². The highest BCUT2D eigenvalue weighted by Gasteiger charge is 2.10. The van der Waals surface area contributed by atoms with E-state index in [-0.39, 0.29) is 0 Å².